The number of hydrogen-bond acceptors (Lipinski definition) is 3. The Morgan fingerprint density at radius 2 is 2.25 bits per heavy atom. The monoisotopic (exact) mass is 240 g/mol. The summed E-state index contributed by atoms with van der Waals surface area (Å²) in [7, 11) is 0. The number of nitrogens with two attached hydrogens (primary N) is 1. The first-order valence-corrected chi connectivity index (χ1v) is 7.16. The Balaban J connectivity index is 2.49. The lowest BCUT2D eigenvalue weighted by molar-refractivity contribution is 0.191. The summed E-state index contributed by atoms with van der Waals surface area (Å²) < 4.78 is 0. The maximum atomic E-state index is 5.88. The van der Waals surface area contributed by atoms with Gasteiger partial charge in [-0.25, -0.2) is 0 Å². The molecule has 0 bridgehead atoms. The van der Waals surface area contributed by atoms with Crippen LogP contribution in [0.25, 0.3) is 0 Å². The zero-order valence-corrected chi connectivity index (χ0v) is 11.3. The van der Waals surface area contributed by atoms with E-state index >= 15 is 0 Å². The molecule has 0 aliphatic rings. The van der Waals surface area contributed by atoms with Crippen molar-refractivity contribution in [1.82, 2.24) is 4.90 Å². The number of hydrogen-bond donors (Lipinski definition) is 1. The molecular formula is C13H24N2S. The van der Waals surface area contributed by atoms with Gasteiger partial charge in [-0.05, 0) is 24.4 Å². The molecule has 1 aromatic heterocycles. The highest BCUT2D eigenvalue weighted by molar-refractivity contribution is 7.09. The van der Waals surface area contributed by atoms with E-state index in [1.165, 1.54) is 24.1 Å². The van der Waals surface area contributed by atoms with E-state index in [0.29, 0.717) is 6.04 Å². The summed E-state index contributed by atoms with van der Waals surface area (Å²) in [5, 5.41) is 2.15. The molecule has 2 nitrogen and oxygen atoms in total. The number of likely N-dealkylation sites (N-methyl/N-ethyl adjacent to an activating group) is 1. The van der Waals surface area contributed by atoms with Crippen molar-refractivity contribution in [3.8, 4) is 0 Å². The molecule has 16 heavy (non-hydrogen) atoms. The smallest absolute Gasteiger partial charge is 0.0331 e. The zero-order valence-electron chi connectivity index (χ0n) is 10.5. The van der Waals surface area contributed by atoms with Gasteiger partial charge in [0, 0.05) is 24.0 Å². The molecule has 0 aliphatic heterocycles. The highest BCUT2D eigenvalue weighted by Crippen LogP contribution is 2.16. The van der Waals surface area contributed by atoms with Crippen LogP contribution in [-0.2, 0) is 6.54 Å². The second-order valence-electron chi connectivity index (χ2n) is 4.17. The summed E-state index contributed by atoms with van der Waals surface area (Å²) in [5.74, 6) is 0. The Hall–Kier alpha value is -0.380. The molecule has 0 aromatic carbocycles. The van der Waals surface area contributed by atoms with Gasteiger partial charge in [0.2, 0.25) is 0 Å². The fraction of sp³-hybridized carbons (Fsp3) is 0.692. The van der Waals surface area contributed by atoms with E-state index in [2.05, 4.69) is 36.3 Å². The van der Waals surface area contributed by atoms with Gasteiger partial charge in [-0.15, -0.1) is 11.3 Å². The van der Waals surface area contributed by atoms with Crippen molar-refractivity contribution < 1.29 is 0 Å². The molecule has 0 fully saturated rings. The van der Waals surface area contributed by atoms with E-state index in [9.17, 15) is 0 Å². The Labute approximate surface area is 103 Å². The molecule has 1 aromatic rings. The standard InChI is InChI=1S/C13H24N2S/c1-3-5-7-12(10-14)15(4-2)11-13-8-6-9-16-13/h6,8-9,12H,3-5,7,10-11,14H2,1-2H3. The average molecular weight is 240 g/mol. The highest BCUT2D eigenvalue weighted by atomic mass is 32.1. The van der Waals surface area contributed by atoms with Gasteiger partial charge in [-0.1, -0.05) is 32.8 Å². The summed E-state index contributed by atoms with van der Waals surface area (Å²) in [6.07, 6.45) is 3.77. The zero-order chi connectivity index (χ0) is 11.8. The van der Waals surface area contributed by atoms with Crippen LogP contribution in [0.15, 0.2) is 17.5 Å². The fourth-order valence-electron chi connectivity index (χ4n) is 1.99. The Kier molecular flexibility index (Phi) is 6.69. The fourth-order valence-corrected chi connectivity index (χ4v) is 2.72. The lowest BCUT2D eigenvalue weighted by Gasteiger charge is -2.29. The second-order valence-corrected chi connectivity index (χ2v) is 5.21. The first-order valence-electron chi connectivity index (χ1n) is 6.28. The normalized spacial score (nSPS) is 13.2. The van der Waals surface area contributed by atoms with Crippen molar-refractivity contribution in [2.75, 3.05) is 13.1 Å². The number of nitrogens with zero attached hydrogens (tertiary/aromatic N) is 1. The largest absolute Gasteiger partial charge is 0.329 e. The van der Waals surface area contributed by atoms with Crippen molar-refractivity contribution >= 4 is 11.3 Å². The van der Waals surface area contributed by atoms with Crippen LogP contribution >= 0.6 is 11.3 Å². The third-order valence-corrected chi connectivity index (χ3v) is 3.89. The molecule has 1 unspecified atom stereocenters. The molecule has 0 saturated carbocycles. The highest BCUT2D eigenvalue weighted by Gasteiger charge is 2.15. The van der Waals surface area contributed by atoms with E-state index in [1.54, 1.807) is 0 Å². The number of unbranched alkanes of at least 4 members (excludes halogenated alkanes) is 1. The van der Waals surface area contributed by atoms with Gasteiger partial charge in [0.1, 0.15) is 0 Å². The number of rotatable bonds is 8. The van der Waals surface area contributed by atoms with Crippen LogP contribution in [0.2, 0.25) is 0 Å². The Morgan fingerprint density at radius 3 is 2.75 bits per heavy atom. The van der Waals surface area contributed by atoms with Crippen LogP contribution in [0, 0.1) is 0 Å². The molecule has 92 valence electrons. The molecule has 1 atom stereocenters. The first-order chi connectivity index (χ1) is 7.81. The van der Waals surface area contributed by atoms with Crippen LogP contribution in [-0.4, -0.2) is 24.0 Å². The van der Waals surface area contributed by atoms with Gasteiger partial charge >= 0.3 is 0 Å². The topological polar surface area (TPSA) is 29.3 Å². The van der Waals surface area contributed by atoms with E-state index in [0.717, 1.165) is 19.6 Å². The van der Waals surface area contributed by atoms with Crippen molar-refractivity contribution in [2.45, 2.75) is 45.7 Å². The third kappa shape index (κ3) is 4.24. The van der Waals surface area contributed by atoms with Crippen LogP contribution in [0.4, 0.5) is 0 Å². The minimum absolute atomic E-state index is 0.548. The van der Waals surface area contributed by atoms with Crippen LogP contribution in [0.5, 0.6) is 0 Å². The molecule has 0 saturated heterocycles. The molecule has 0 radical (unpaired) electrons. The van der Waals surface area contributed by atoms with Crippen LogP contribution < -0.4 is 5.73 Å². The summed E-state index contributed by atoms with van der Waals surface area (Å²) in [6, 6.07) is 4.88. The lowest BCUT2D eigenvalue weighted by atomic mass is 10.1. The second kappa shape index (κ2) is 7.82. The molecule has 0 aliphatic carbocycles. The Bertz CT molecular complexity index is 259. The summed E-state index contributed by atoms with van der Waals surface area (Å²) in [6.45, 7) is 7.38. The molecule has 0 amide bonds. The minimum Gasteiger partial charge on any atom is -0.329 e. The van der Waals surface area contributed by atoms with E-state index in [1.807, 2.05) is 11.3 Å². The van der Waals surface area contributed by atoms with Gasteiger partial charge in [-0.2, -0.15) is 0 Å². The number of thiophene rings is 1. The molecule has 1 heterocycles. The van der Waals surface area contributed by atoms with E-state index in [4.69, 9.17) is 5.73 Å². The molecule has 0 spiro atoms. The molecule has 1 rings (SSSR count). The van der Waals surface area contributed by atoms with Crippen LogP contribution in [0.1, 0.15) is 38.0 Å². The van der Waals surface area contributed by atoms with Crippen LogP contribution in [0.3, 0.4) is 0 Å². The summed E-state index contributed by atoms with van der Waals surface area (Å²) in [4.78, 5) is 3.94. The lowest BCUT2D eigenvalue weighted by Crippen LogP contribution is -2.39. The minimum atomic E-state index is 0.548. The van der Waals surface area contributed by atoms with Gasteiger partial charge in [0.15, 0.2) is 0 Å². The maximum absolute atomic E-state index is 5.88. The van der Waals surface area contributed by atoms with Gasteiger partial charge in [-0.3, -0.25) is 4.90 Å². The Morgan fingerprint density at radius 1 is 1.44 bits per heavy atom. The predicted octanol–water partition coefficient (Wildman–Crippen LogP) is 3.09. The van der Waals surface area contributed by atoms with E-state index in [-0.39, 0.29) is 0 Å². The van der Waals surface area contributed by atoms with Gasteiger partial charge in [0.05, 0.1) is 0 Å². The van der Waals surface area contributed by atoms with Crippen molar-refractivity contribution in [2.24, 2.45) is 5.73 Å². The quantitative estimate of drug-likeness (QED) is 0.756. The van der Waals surface area contributed by atoms with Crippen molar-refractivity contribution in [3.63, 3.8) is 0 Å². The average Bonchev–Trinajstić information content (AvgIpc) is 2.81. The molecule has 3 heteroatoms. The first kappa shape index (κ1) is 13.7. The van der Waals surface area contributed by atoms with Gasteiger partial charge < -0.3 is 5.73 Å². The summed E-state index contributed by atoms with van der Waals surface area (Å²) >= 11 is 1.84. The summed E-state index contributed by atoms with van der Waals surface area (Å²) in [5.41, 5.74) is 5.88. The van der Waals surface area contributed by atoms with E-state index < -0.39 is 0 Å². The van der Waals surface area contributed by atoms with Crippen molar-refractivity contribution in [3.05, 3.63) is 22.4 Å². The van der Waals surface area contributed by atoms with Crippen molar-refractivity contribution in [1.29, 1.82) is 0 Å². The SMILES string of the molecule is CCCCC(CN)N(CC)Cc1cccs1. The maximum Gasteiger partial charge on any atom is 0.0331 e. The third-order valence-electron chi connectivity index (χ3n) is 3.02. The predicted molar refractivity (Wildman–Crippen MR) is 72.8 cm³/mol. The molecular weight excluding hydrogens is 216 g/mol. The van der Waals surface area contributed by atoms with Gasteiger partial charge in [0.25, 0.3) is 0 Å². The molecule has 2 N–H and O–H groups in total.